The van der Waals surface area contributed by atoms with Crippen LogP contribution >= 0.6 is 27.7 Å². The van der Waals surface area contributed by atoms with E-state index < -0.39 is 18.0 Å². The second kappa shape index (κ2) is 8.02. The number of carbonyl (C=O) groups excluding carboxylic acids is 1. The van der Waals surface area contributed by atoms with E-state index in [0.717, 1.165) is 16.1 Å². The molecule has 2 aromatic carbocycles. The van der Waals surface area contributed by atoms with Gasteiger partial charge in [0.25, 0.3) is 5.91 Å². The van der Waals surface area contributed by atoms with E-state index in [1.54, 1.807) is 29.8 Å². The second-order valence-electron chi connectivity index (χ2n) is 5.66. The lowest BCUT2D eigenvalue weighted by Crippen LogP contribution is -2.31. The van der Waals surface area contributed by atoms with Gasteiger partial charge in [-0.15, -0.1) is 24.9 Å². The zero-order valence-electron chi connectivity index (χ0n) is 14.1. The fourth-order valence-electron chi connectivity index (χ4n) is 2.80. The normalized spacial score (nSPS) is 17.1. The maximum atomic E-state index is 13.0. The summed E-state index contributed by atoms with van der Waals surface area (Å²) >= 11 is 4.97. The first-order chi connectivity index (χ1) is 12.8. The highest BCUT2D eigenvalue weighted by Gasteiger charge is 2.36. The van der Waals surface area contributed by atoms with E-state index in [-0.39, 0.29) is 10.9 Å². The summed E-state index contributed by atoms with van der Waals surface area (Å²) in [6.07, 6.45) is -4.86. The van der Waals surface area contributed by atoms with Gasteiger partial charge in [0.05, 0.1) is 17.1 Å². The van der Waals surface area contributed by atoms with E-state index in [2.05, 4.69) is 20.7 Å². The smallest absolute Gasteiger partial charge is 0.496 e. The van der Waals surface area contributed by atoms with Gasteiger partial charge in [0.1, 0.15) is 16.9 Å². The number of nitrogens with zero attached hydrogens (tertiary/aromatic N) is 1. The van der Waals surface area contributed by atoms with Crippen molar-refractivity contribution in [2.45, 2.75) is 11.7 Å². The van der Waals surface area contributed by atoms with Gasteiger partial charge in [0.15, 0.2) is 0 Å². The van der Waals surface area contributed by atoms with E-state index in [9.17, 15) is 18.0 Å². The van der Waals surface area contributed by atoms with E-state index >= 15 is 0 Å². The van der Waals surface area contributed by atoms with Crippen molar-refractivity contribution in [1.29, 1.82) is 0 Å². The van der Waals surface area contributed by atoms with E-state index in [1.165, 1.54) is 18.2 Å². The summed E-state index contributed by atoms with van der Waals surface area (Å²) in [4.78, 5) is 14.5. The Morgan fingerprint density at radius 2 is 1.96 bits per heavy atom. The number of rotatable bonds is 4. The number of alkyl halides is 3. The molecule has 1 aliphatic heterocycles. The molecule has 0 spiro atoms. The maximum absolute atomic E-state index is 13.0. The van der Waals surface area contributed by atoms with Crippen LogP contribution in [0.15, 0.2) is 46.9 Å². The third kappa shape index (κ3) is 4.52. The Bertz CT molecular complexity index is 847. The lowest BCUT2D eigenvalue weighted by molar-refractivity contribution is -0.274. The first kappa shape index (κ1) is 19.9. The molecule has 0 bridgehead atoms. The number of hydrogen-bond donors (Lipinski definition) is 0. The molecule has 2 aromatic rings. The second-order valence-corrected chi connectivity index (χ2v) is 7.70. The first-order valence-corrected chi connectivity index (χ1v) is 9.75. The van der Waals surface area contributed by atoms with Crippen LogP contribution in [0.4, 0.5) is 13.2 Å². The van der Waals surface area contributed by atoms with Crippen LogP contribution in [0.3, 0.4) is 0 Å². The molecule has 0 aromatic heterocycles. The van der Waals surface area contributed by atoms with Crippen molar-refractivity contribution in [3.63, 3.8) is 0 Å². The standard InChI is InChI=1S/C18H15BrF3NO3S/c1-25-15-7-6-11(10-13(15)19)17-23(8-9-27-17)16(24)12-4-2-3-5-14(12)26-18(20,21)22/h2-7,10,17H,8-9H2,1H3. The summed E-state index contributed by atoms with van der Waals surface area (Å²) in [6.45, 7) is 0.429. The Labute approximate surface area is 166 Å². The highest BCUT2D eigenvalue weighted by atomic mass is 79.9. The number of ether oxygens (including phenoxy) is 2. The number of benzene rings is 2. The van der Waals surface area contributed by atoms with Gasteiger partial charge in [0, 0.05) is 12.3 Å². The van der Waals surface area contributed by atoms with Gasteiger partial charge in [-0.3, -0.25) is 4.79 Å². The minimum absolute atomic E-state index is 0.116. The Morgan fingerprint density at radius 1 is 1.22 bits per heavy atom. The van der Waals surface area contributed by atoms with Crippen LogP contribution < -0.4 is 9.47 Å². The van der Waals surface area contributed by atoms with Gasteiger partial charge >= 0.3 is 6.36 Å². The molecule has 3 rings (SSSR count). The predicted molar refractivity (Wildman–Crippen MR) is 100 cm³/mol. The molecule has 1 aliphatic rings. The van der Waals surface area contributed by atoms with Gasteiger partial charge in [-0.25, -0.2) is 0 Å². The molecule has 0 aliphatic carbocycles. The van der Waals surface area contributed by atoms with Gasteiger partial charge in [-0.1, -0.05) is 18.2 Å². The Balaban J connectivity index is 1.90. The van der Waals surface area contributed by atoms with Crippen molar-refractivity contribution in [2.75, 3.05) is 19.4 Å². The molecule has 4 nitrogen and oxygen atoms in total. The number of methoxy groups -OCH3 is 1. The molecule has 1 fully saturated rings. The fraction of sp³-hybridized carbons (Fsp3) is 0.278. The minimum Gasteiger partial charge on any atom is -0.496 e. The predicted octanol–water partition coefficient (Wildman–Crippen LogP) is 5.24. The SMILES string of the molecule is COc1ccc(C2SCCN2C(=O)c2ccccc2OC(F)(F)F)cc1Br. The van der Waals surface area contributed by atoms with E-state index in [0.29, 0.717) is 18.0 Å². The third-order valence-corrected chi connectivity index (χ3v) is 5.84. The monoisotopic (exact) mass is 461 g/mol. The number of hydrogen-bond acceptors (Lipinski definition) is 4. The van der Waals surface area contributed by atoms with Crippen LogP contribution in [0.5, 0.6) is 11.5 Å². The lowest BCUT2D eigenvalue weighted by atomic mass is 10.1. The first-order valence-electron chi connectivity index (χ1n) is 7.91. The molecular weight excluding hydrogens is 447 g/mol. The highest BCUT2D eigenvalue weighted by Crippen LogP contribution is 2.41. The van der Waals surface area contributed by atoms with E-state index in [1.807, 2.05) is 12.1 Å². The van der Waals surface area contributed by atoms with Crippen molar-refractivity contribution in [3.05, 3.63) is 58.1 Å². The van der Waals surface area contributed by atoms with Crippen LogP contribution in [0, 0.1) is 0 Å². The van der Waals surface area contributed by atoms with Crippen LogP contribution in [0.2, 0.25) is 0 Å². The number of halogens is 4. The zero-order valence-corrected chi connectivity index (χ0v) is 16.5. The van der Waals surface area contributed by atoms with Gasteiger partial charge < -0.3 is 14.4 Å². The molecule has 0 saturated carbocycles. The van der Waals surface area contributed by atoms with Crippen LogP contribution in [-0.2, 0) is 0 Å². The molecule has 1 heterocycles. The molecule has 1 unspecified atom stereocenters. The van der Waals surface area contributed by atoms with Crippen LogP contribution in [-0.4, -0.2) is 36.6 Å². The Hall–Kier alpha value is -1.87. The van der Waals surface area contributed by atoms with Crippen molar-refractivity contribution in [1.82, 2.24) is 4.90 Å². The van der Waals surface area contributed by atoms with Gasteiger partial charge in [0.2, 0.25) is 0 Å². The molecule has 0 radical (unpaired) electrons. The summed E-state index contributed by atoms with van der Waals surface area (Å²) in [5, 5.41) is -0.307. The van der Waals surface area contributed by atoms with Gasteiger partial charge in [-0.05, 0) is 45.8 Å². The average Bonchev–Trinajstić information content (AvgIpc) is 3.10. The third-order valence-electron chi connectivity index (χ3n) is 3.96. The summed E-state index contributed by atoms with van der Waals surface area (Å²) in [7, 11) is 1.55. The van der Waals surface area contributed by atoms with Crippen molar-refractivity contribution < 1.29 is 27.4 Å². The quantitative estimate of drug-likeness (QED) is 0.623. The zero-order chi connectivity index (χ0) is 19.6. The molecule has 0 N–H and O–H groups in total. The fourth-order valence-corrected chi connectivity index (χ4v) is 4.61. The van der Waals surface area contributed by atoms with Crippen molar-refractivity contribution in [2.24, 2.45) is 0 Å². The largest absolute Gasteiger partial charge is 0.573 e. The molecule has 1 atom stereocenters. The summed E-state index contributed by atoms with van der Waals surface area (Å²) < 4.78 is 47.9. The topological polar surface area (TPSA) is 38.8 Å². The molecular formula is C18H15BrF3NO3S. The molecule has 144 valence electrons. The minimum atomic E-state index is -4.86. The molecule has 1 amide bonds. The maximum Gasteiger partial charge on any atom is 0.573 e. The van der Waals surface area contributed by atoms with Gasteiger partial charge in [-0.2, -0.15) is 0 Å². The Kier molecular flexibility index (Phi) is 5.90. The average molecular weight is 462 g/mol. The van der Waals surface area contributed by atoms with Crippen molar-refractivity contribution in [3.8, 4) is 11.5 Å². The number of carbonyl (C=O) groups is 1. The summed E-state index contributed by atoms with van der Waals surface area (Å²) in [5.74, 6) is 0.337. The molecule has 9 heteroatoms. The van der Waals surface area contributed by atoms with Crippen LogP contribution in [0.1, 0.15) is 21.3 Å². The lowest BCUT2D eigenvalue weighted by Gasteiger charge is -2.25. The summed E-state index contributed by atoms with van der Waals surface area (Å²) in [5.41, 5.74) is 0.739. The summed E-state index contributed by atoms with van der Waals surface area (Å²) in [6, 6.07) is 10.9. The molecule has 1 saturated heterocycles. The van der Waals surface area contributed by atoms with Crippen LogP contribution in [0.25, 0.3) is 0 Å². The number of amides is 1. The molecule has 27 heavy (non-hydrogen) atoms. The number of para-hydroxylation sites is 1. The number of thioether (sulfide) groups is 1. The van der Waals surface area contributed by atoms with Crippen molar-refractivity contribution >= 4 is 33.6 Å². The highest BCUT2D eigenvalue weighted by molar-refractivity contribution is 9.10. The van der Waals surface area contributed by atoms with E-state index in [4.69, 9.17) is 4.74 Å². The Morgan fingerprint density at radius 3 is 2.63 bits per heavy atom.